The molecule has 4 N–H and O–H groups in total. The van der Waals surface area contributed by atoms with E-state index in [-0.39, 0.29) is 23.3 Å². The maximum absolute atomic E-state index is 13.1. The van der Waals surface area contributed by atoms with Gasteiger partial charge in [0.15, 0.2) is 5.82 Å². The number of hydrogen-bond donors (Lipinski definition) is 4. The van der Waals surface area contributed by atoms with Crippen LogP contribution in [0, 0.1) is 12.3 Å². The lowest BCUT2D eigenvalue weighted by molar-refractivity contribution is -0.111. The van der Waals surface area contributed by atoms with Crippen molar-refractivity contribution in [2.75, 3.05) is 10.6 Å². The van der Waals surface area contributed by atoms with E-state index in [9.17, 15) is 9.59 Å². The van der Waals surface area contributed by atoms with E-state index >= 15 is 0 Å². The second-order valence-corrected chi connectivity index (χ2v) is 9.02. The molecule has 2 heterocycles. The van der Waals surface area contributed by atoms with Gasteiger partial charge in [-0.3, -0.25) is 14.7 Å². The Hall–Kier alpha value is -3.94. The molecule has 0 aliphatic rings. The monoisotopic (exact) mass is 446 g/mol. The Morgan fingerprint density at radius 2 is 1.88 bits per heavy atom. The number of nitrogens with one attached hydrogen (secondary N) is 4. The summed E-state index contributed by atoms with van der Waals surface area (Å²) in [7, 11) is 0. The number of H-pyrrole nitrogens is 1. The summed E-state index contributed by atoms with van der Waals surface area (Å²) >= 11 is 0. The quantitative estimate of drug-likeness (QED) is 0.389. The number of pyridine rings is 1. The summed E-state index contributed by atoms with van der Waals surface area (Å²) in [6.07, 6.45) is 1.21. The van der Waals surface area contributed by atoms with Crippen molar-refractivity contribution in [3.05, 3.63) is 66.4 Å². The molecule has 2 aromatic heterocycles. The first-order valence-electron chi connectivity index (χ1n) is 10.7. The number of carbonyl (C=O) groups excluding carboxylic acids is 2. The Balaban J connectivity index is 2.00. The predicted octanol–water partition coefficient (Wildman–Crippen LogP) is 4.81. The molecule has 1 aromatic carbocycles. The minimum atomic E-state index is -0.305. The van der Waals surface area contributed by atoms with Crippen LogP contribution < -0.4 is 16.0 Å². The first-order chi connectivity index (χ1) is 15.5. The molecule has 0 aliphatic carbocycles. The summed E-state index contributed by atoms with van der Waals surface area (Å²) in [5.41, 5.74) is 3.21. The van der Waals surface area contributed by atoms with Crippen LogP contribution in [0.1, 0.15) is 43.7 Å². The van der Waals surface area contributed by atoms with Crippen molar-refractivity contribution in [2.45, 2.75) is 40.7 Å². The van der Waals surface area contributed by atoms with Crippen molar-refractivity contribution in [1.29, 1.82) is 0 Å². The first kappa shape index (κ1) is 23.7. The number of carbonyl (C=O) groups is 2. The Morgan fingerprint density at radius 1 is 1.12 bits per heavy atom. The topological polar surface area (TPSA) is 112 Å². The lowest BCUT2D eigenvalue weighted by Crippen LogP contribution is -2.41. The van der Waals surface area contributed by atoms with Gasteiger partial charge in [-0.25, -0.2) is 4.98 Å². The normalized spacial score (nSPS) is 12.0. The van der Waals surface area contributed by atoms with Crippen molar-refractivity contribution >= 4 is 29.1 Å². The van der Waals surface area contributed by atoms with Crippen molar-refractivity contribution < 1.29 is 9.59 Å². The van der Waals surface area contributed by atoms with Gasteiger partial charge in [0.05, 0.1) is 5.69 Å². The third-order valence-electron chi connectivity index (χ3n) is 5.31. The average molecular weight is 447 g/mol. The molecule has 0 radical (unpaired) electrons. The zero-order valence-corrected chi connectivity index (χ0v) is 19.6. The third-order valence-corrected chi connectivity index (χ3v) is 5.31. The van der Waals surface area contributed by atoms with Crippen LogP contribution in [0.5, 0.6) is 0 Å². The molecule has 0 bridgehead atoms. The van der Waals surface area contributed by atoms with Gasteiger partial charge in [0.1, 0.15) is 5.82 Å². The van der Waals surface area contributed by atoms with Gasteiger partial charge in [0.2, 0.25) is 5.91 Å². The molecule has 2 amide bonds. The summed E-state index contributed by atoms with van der Waals surface area (Å²) in [6.45, 7) is 13.6. The lowest BCUT2D eigenvalue weighted by Gasteiger charge is -2.28. The smallest absolute Gasteiger partial charge is 0.251 e. The van der Waals surface area contributed by atoms with E-state index in [0.717, 1.165) is 11.3 Å². The van der Waals surface area contributed by atoms with Crippen molar-refractivity contribution in [2.24, 2.45) is 5.41 Å². The molecule has 0 aliphatic heterocycles. The van der Waals surface area contributed by atoms with Crippen LogP contribution >= 0.6 is 0 Å². The molecule has 33 heavy (non-hydrogen) atoms. The maximum Gasteiger partial charge on any atom is 0.251 e. The molecule has 0 spiro atoms. The molecule has 1 unspecified atom stereocenters. The van der Waals surface area contributed by atoms with E-state index in [0.29, 0.717) is 28.6 Å². The van der Waals surface area contributed by atoms with E-state index in [2.05, 4.69) is 58.5 Å². The minimum Gasteiger partial charge on any atom is -0.349 e. The standard InChI is InChI=1S/C25H30N6O2/c1-7-23(32)27-19-10-8-9-17(12-19)20-13-18(24(33)26-16(3)25(4,5)6)14-21(28-20)29-22-11-15(2)30-31-22/h7-14,16H,1H2,2-6H3,(H,26,33)(H,27,32)(H2,28,29,30,31). The summed E-state index contributed by atoms with van der Waals surface area (Å²) in [5.74, 6) is 0.575. The number of aromatic amines is 1. The largest absolute Gasteiger partial charge is 0.349 e. The number of aryl methyl sites for hydroxylation is 1. The fourth-order valence-electron chi connectivity index (χ4n) is 2.93. The second-order valence-electron chi connectivity index (χ2n) is 9.02. The van der Waals surface area contributed by atoms with E-state index in [4.69, 9.17) is 0 Å². The zero-order chi connectivity index (χ0) is 24.2. The highest BCUT2D eigenvalue weighted by molar-refractivity contribution is 5.99. The number of aromatic nitrogens is 3. The van der Waals surface area contributed by atoms with Crippen LogP contribution in [0.15, 0.2) is 55.1 Å². The molecule has 3 aromatic rings. The molecule has 3 rings (SSSR count). The molecular weight excluding hydrogens is 416 g/mol. The van der Waals surface area contributed by atoms with Gasteiger partial charge < -0.3 is 16.0 Å². The highest BCUT2D eigenvalue weighted by Crippen LogP contribution is 2.26. The van der Waals surface area contributed by atoms with Crippen LogP contribution in [0.25, 0.3) is 11.3 Å². The molecule has 172 valence electrons. The van der Waals surface area contributed by atoms with Crippen LogP contribution in [0.3, 0.4) is 0 Å². The second kappa shape index (κ2) is 9.68. The summed E-state index contributed by atoms with van der Waals surface area (Å²) in [4.78, 5) is 29.5. The Morgan fingerprint density at radius 3 is 2.52 bits per heavy atom. The van der Waals surface area contributed by atoms with Gasteiger partial charge in [-0.05, 0) is 49.6 Å². The maximum atomic E-state index is 13.1. The van der Waals surface area contributed by atoms with E-state index in [1.165, 1.54) is 6.08 Å². The fourth-order valence-corrected chi connectivity index (χ4v) is 2.93. The van der Waals surface area contributed by atoms with Gasteiger partial charge in [-0.1, -0.05) is 39.5 Å². The minimum absolute atomic E-state index is 0.0375. The molecule has 0 fully saturated rings. The van der Waals surface area contributed by atoms with Gasteiger partial charge >= 0.3 is 0 Å². The van der Waals surface area contributed by atoms with Gasteiger partial charge in [0, 0.05) is 34.6 Å². The lowest BCUT2D eigenvalue weighted by atomic mass is 9.88. The number of nitrogens with zero attached hydrogens (tertiary/aromatic N) is 2. The molecule has 0 saturated heterocycles. The Labute approximate surface area is 193 Å². The molecular formula is C25H30N6O2. The number of anilines is 3. The fraction of sp³-hybridized carbons (Fsp3) is 0.280. The van der Waals surface area contributed by atoms with Crippen molar-refractivity contribution in [3.8, 4) is 11.3 Å². The highest BCUT2D eigenvalue weighted by atomic mass is 16.2. The third kappa shape index (κ3) is 6.29. The summed E-state index contributed by atoms with van der Waals surface area (Å²) in [5, 5.41) is 16.0. The van der Waals surface area contributed by atoms with Crippen LogP contribution in [0.2, 0.25) is 0 Å². The van der Waals surface area contributed by atoms with Gasteiger partial charge in [0.25, 0.3) is 5.91 Å². The number of rotatable bonds is 7. The molecule has 8 heteroatoms. The van der Waals surface area contributed by atoms with E-state index in [1.54, 1.807) is 24.3 Å². The predicted molar refractivity (Wildman–Crippen MR) is 131 cm³/mol. The van der Waals surface area contributed by atoms with Crippen molar-refractivity contribution in [3.63, 3.8) is 0 Å². The Bertz CT molecular complexity index is 1180. The van der Waals surface area contributed by atoms with Gasteiger partial charge in [-0.2, -0.15) is 5.10 Å². The highest BCUT2D eigenvalue weighted by Gasteiger charge is 2.23. The van der Waals surface area contributed by atoms with Crippen LogP contribution in [-0.4, -0.2) is 33.0 Å². The van der Waals surface area contributed by atoms with E-state index < -0.39 is 0 Å². The van der Waals surface area contributed by atoms with Crippen molar-refractivity contribution in [1.82, 2.24) is 20.5 Å². The molecule has 8 nitrogen and oxygen atoms in total. The number of benzene rings is 1. The van der Waals surface area contributed by atoms with Crippen LogP contribution in [-0.2, 0) is 4.79 Å². The number of amides is 2. The first-order valence-corrected chi connectivity index (χ1v) is 10.7. The molecule has 0 saturated carbocycles. The zero-order valence-electron chi connectivity index (χ0n) is 19.6. The van der Waals surface area contributed by atoms with E-state index in [1.807, 2.05) is 32.0 Å². The SMILES string of the molecule is C=CC(=O)Nc1cccc(-c2cc(C(=O)NC(C)C(C)(C)C)cc(Nc3cc(C)[nH]n3)n2)c1. The molecule has 1 atom stereocenters. The average Bonchev–Trinajstić information content (AvgIpc) is 3.17. The summed E-state index contributed by atoms with van der Waals surface area (Å²) in [6, 6.07) is 12.5. The summed E-state index contributed by atoms with van der Waals surface area (Å²) < 4.78 is 0. The Kier molecular flexibility index (Phi) is 6.96. The number of hydrogen-bond acceptors (Lipinski definition) is 5. The van der Waals surface area contributed by atoms with Crippen LogP contribution in [0.4, 0.5) is 17.3 Å². The van der Waals surface area contributed by atoms with Gasteiger partial charge in [-0.15, -0.1) is 0 Å².